The molecular weight excluding hydrogens is 194 g/mol. The largest absolute Gasteiger partial charge is 0.466 e. The zero-order valence-electron chi connectivity index (χ0n) is 7.40. The zero-order valence-corrected chi connectivity index (χ0v) is 8.22. The van der Waals surface area contributed by atoms with Gasteiger partial charge in [0.25, 0.3) is 0 Å². The van der Waals surface area contributed by atoms with Crippen LogP contribution < -0.4 is 5.14 Å². The highest BCUT2D eigenvalue weighted by molar-refractivity contribution is 7.84. The minimum absolute atomic E-state index is 0.0813. The molecule has 0 amide bonds. The smallest absolute Gasteiger partial charge is 0.333 e. The van der Waals surface area contributed by atoms with Gasteiger partial charge in [-0.1, -0.05) is 0 Å². The maximum atomic E-state index is 10.4. The molecule has 0 saturated heterocycles. The highest BCUT2D eigenvalue weighted by atomic mass is 32.2. The predicted octanol–water partition coefficient (Wildman–Crippen LogP) is 0.617. The van der Waals surface area contributed by atoms with Gasteiger partial charge in [-0.25, -0.2) is 5.14 Å². The van der Waals surface area contributed by atoms with Crippen LogP contribution in [0, 0.1) is 13.8 Å². The van der Waals surface area contributed by atoms with Crippen molar-refractivity contribution in [3.05, 3.63) is 23.2 Å². The van der Waals surface area contributed by atoms with E-state index in [0.29, 0.717) is 17.1 Å². The maximum Gasteiger partial charge on any atom is 0.333 e. The summed E-state index contributed by atoms with van der Waals surface area (Å²) in [6.07, 6.45) is 0. The lowest BCUT2D eigenvalue weighted by atomic mass is 10.3. The monoisotopic (exact) mass is 205 g/mol. The van der Waals surface area contributed by atoms with Crippen molar-refractivity contribution in [3.8, 4) is 0 Å². The summed E-state index contributed by atoms with van der Waals surface area (Å²) in [5.41, 5.74) is 0.687. The maximum absolute atomic E-state index is 10.4. The second-order valence-corrected chi connectivity index (χ2v) is 3.91. The van der Waals surface area contributed by atoms with Crippen LogP contribution in [0.4, 0.5) is 0 Å². The van der Waals surface area contributed by atoms with Crippen molar-refractivity contribution in [3.63, 3.8) is 0 Å². The van der Waals surface area contributed by atoms with Crippen LogP contribution >= 0.6 is 0 Å². The van der Waals surface area contributed by atoms with Gasteiger partial charge in [-0.15, -0.1) is 0 Å². The molecule has 1 aromatic heterocycles. The molecule has 0 aliphatic carbocycles. The first-order valence-electron chi connectivity index (χ1n) is 3.61. The molecule has 13 heavy (non-hydrogen) atoms. The SMILES string of the molecule is Cc1cc(COS(N)(=O)=O)c(C)o1. The fourth-order valence-corrected chi connectivity index (χ4v) is 1.26. The second kappa shape index (κ2) is 3.49. The lowest BCUT2D eigenvalue weighted by molar-refractivity contribution is 0.306. The molecule has 74 valence electrons. The number of rotatable bonds is 3. The van der Waals surface area contributed by atoms with Crippen LogP contribution in [0.5, 0.6) is 0 Å². The van der Waals surface area contributed by atoms with Crippen LogP contribution in [0.3, 0.4) is 0 Å². The Bertz CT molecular complexity index is 393. The Labute approximate surface area is 76.7 Å². The molecule has 0 spiro atoms. The van der Waals surface area contributed by atoms with Gasteiger partial charge in [0.2, 0.25) is 0 Å². The summed E-state index contributed by atoms with van der Waals surface area (Å²) in [5.74, 6) is 1.35. The van der Waals surface area contributed by atoms with Crippen molar-refractivity contribution in [1.82, 2.24) is 0 Å². The second-order valence-electron chi connectivity index (χ2n) is 2.69. The Hall–Kier alpha value is -0.850. The first kappa shape index (κ1) is 10.2. The molecule has 1 aromatic rings. The van der Waals surface area contributed by atoms with Crippen LogP contribution in [-0.2, 0) is 21.1 Å². The van der Waals surface area contributed by atoms with Crippen LogP contribution in [0.2, 0.25) is 0 Å². The minimum atomic E-state index is -3.87. The molecule has 0 bridgehead atoms. The normalized spacial score (nSPS) is 11.9. The summed E-state index contributed by atoms with van der Waals surface area (Å²) in [7, 11) is -3.87. The third-order valence-corrected chi connectivity index (χ3v) is 1.97. The standard InChI is InChI=1S/C7H11NO4S/c1-5-3-7(6(2)12-5)4-11-13(8,9)10/h3H,4H2,1-2H3,(H2,8,9,10). The Morgan fingerprint density at radius 3 is 2.54 bits per heavy atom. The van der Waals surface area contributed by atoms with Gasteiger partial charge >= 0.3 is 10.3 Å². The molecule has 5 nitrogen and oxygen atoms in total. The highest BCUT2D eigenvalue weighted by Gasteiger charge is 2.08. The van der Waals surface area contributed by atoms with Crippen molar-refractivity contribution in [1.29, 1.82) is 0 Å². The number of aryl methyl sites for hydroxylation is 2. The van der Waals surface area contributed by atoms with Gasteiger partial charge in [0.1, 0.15) is 11.5 Å². The summed E-state index contributed by atoms with van der Waals surface area (Å²) in [5, 5.41) is 4.66. The Balaban J connectivity index is 2.70. The van der Waals surface area contributed by atoms with E-state index in [-0.39, 0.29) is 6.61 Å². The molecule has 0 atom stereocenters. The molecule has 1 rings (SSSR count). The van der Waals surface area contributed by atoms with E-state index >= 15 is 0 Å². The average Bonchev–Trinajstić information content (AvgIpc) is 2.24. The number of hydrogen-bond acceptors (Lipinski definition) is 4. The van der Waals surface area contributed by atoms with E-state index in [1.54, 1.807) is 19.9 Å². The van der Waals surface area contributed by atoms with E-state index in [2.05, 4.69) is 9.32 Å². The fourth-order valence-electron chi connectivity index (χ4n) is 0.972. The fraction of sp³-hybridized carbons (Fsp3) is 0.429. The summed E-state index contributed by atoms with van der Waals surface area (Å²) in [4.78, 5) is 0. The van der Waals surface area contributed by atoms with Gasteiger partial charge in [-0.05, 0) is 19.9 Å². The summed E-state index contributed by atoms with van der Waals surface area (Å²) in [6.45, 7) is 3.42. The van der Waals surface area contributed by atoms with Gasteiger partial charge in [0.15, 0.2) is 0 Å². The summed E-state index contributed by atoms with van der Waals surface area (Å²) in [6, 6.07) is 1.71. The van der Waals surface area contributed by atoms with Crippen molar-refractivity contribution >= 4 is 10.3 Å². The Morgan fingerprint density at radius 1 is 1.54 bits per heavy atom. The van der Waals surface area contributed by atoms with Crippen LogP contribution in [0.25, 0.3) is 0 Å². The van der Waals surface area contributed by atoms with Gasteiger partial charge in [-0.2, -0.15) is 8.42 Å². The lowest BCUT2D eigenvalue weighted by Gasteiger charge is -1.97. The topological polar surface area (TPSA) is 82.5 Å². The van der Waals surface area contributed by atoms with Crippen LogP contribution in [0.1, 0.15) is 17.1 Å². The molecule has 0 saturated carbocycles. The molecule has 2 N–H and O–H groups in total. The van der Waals surface area contributed by atoms with Crippen molar-refractivity contribution < 1.29 is 17.0 Å². The molecule has 0 aliphatic heterocycles. The van der Waals surface area contributed by atoms with E-state index < -0.39 is 10.3 Å². The van der Waals surface area contributed by atoms with E-state index in [0.717, 1.165) is 0 Å². The van der Waals surface area contributed by atoms with E-state index in [1.165, 1.54) is 0 Å². The van der Waals surface area contributed by atoms with Crippen molar-refractivity contribution in [2.24, 2.45) is 5.14 Å². The average molecular weight is 205 g/mol. The first-order chi connectivity index (χ1) is 5.88. The molecular formula is C7H11NO4S. The van der Waals surface area contributed by atoms with Gasteiger partial charge in [0.05, 0.1) is 6.61 Å². The van der Waals surface area contributed by atoms with Crippen LogP contribution in [-0.4, -0.2) is 8.42 Å². The van der Waals surface area contributed by atoms with Gasteiger partial charge in [0, 0.05) is 5.56 Å². The van der Waals surface area contributed by atoms with E-state index in [9.17, 15) is 8.42 Å². The molecule has 0 fully saturated rings. The van der Waals surface area contributed by atoms with Crippen molar-refractivity contribution in [2.75, 3.05) is 0 Å². The van der Waals surface area contributed by atoms with E-state index in [1.807, 2.05) is 0 Å². The van der Waals surface area contributed by atoms with E-state index in [4.69, 9.17) is 4.42 Å². The Morgan fingerprint density at radius 2 is 2.15 bits per heavy atom. The number of nitrogens with two attached hydrogens (primary N) is 1. The molecule has 0 radical (unpaired) electrons. The summed E-state index contributed by atoms with van der Waals surface area (Å²) >= 11 is 0. The third-order valence-electron chi connectivity index (χ3n) is 1.52. The highest BCUT2D eigenvalue weighted by Crippen LogP contribution is 2.14. The van der Waals surface area contributed by atoms with Gasteiger partial charge < -0.3 is 4.42 Å². The molecule has 6 heteroatoms. The number of furan rings is 1. The quantitative estimate of drug-likeness (QED) is 0.784. The molecule has 0 aromatic carbocycles. The Kier molecular flexibility index (Phi) is 2.74. The number of hydrogen-bond donors (Lipinski definition) is 1. The molecule has 1 heterocycles. The van der Waals surface area contributed by atoms with Crippen LogP contribution in [0.15, 0.2) is 10.5 Å². The predicted molar refractivity (Wildman–Crippen MR) is 46.1 cm³/mol. The lowest BCUT2D eigenvalue weighted by Crippen LogP contribution is -2.15. The zero-order chi connectivity index (χ0) is 10.1. The third kappa shape index (κ3) is 3.17. The molecule has 0 unspecified atom stereocenters. The molecule has 0 aliphatic rings. The first-order valence-corrected chi connectivity index (χ1v) is 5.08. The van der Waals surface area contributed by atoms with Gasteiger partial charge in [-0.3, -0.25) is 4.18 Å². The van der Waals surface area contributed by atoms with Crippen molar-refractivity contribution in [2.45, 2.75) is 20.5 Å². The summed E-state index contributed by atoms with van der Waals surface area (Å²) < 4.78 is 30.5. The minimum Gasteiger partial charge on any atom is -0.466 e.